The number of hydrogen-bond acceptors (Lipinski definition) is 5. The fraction of sp³-hybridized carbons (Fsp3) is 0.625. The average Bonchev–Trinajstić information content (AvgIpc) is 3.20. The van der Waals surface area contributed by atoms with Crippen molar-refractivity contribution in [2.75, 3.05) is 31.6 Å². The van der Waals surface area contributed by atoms with Crippen LogP contribution in [0.3, 0.4) is 0 Å². The van der Waals surface area contributed by atoms with Crippen LogP contribution in [0.1, 0.15) is 30.6 Å². The molecule has 1 aromatic rings. The van der Waals surface area contributed by atoms with Gasteiger partial charge in [0.05, 0.1) is 11.5 Å². The van der Waals surface area contributed by atoms with Crippen molar-refractivity contribution in [3.63, 3.8) is 0 Å². The Morgan fingerprint density at radius 1 is 1.44 bits per heavy atom. The zero-order chi connectivity index (χ0) is 18.3. The van der Waals surface area contributed by atoms with E-state index in [1.54, 1.807) is 18.4 Å². The molecule has 0 aliphatic carbocycles. The molecule has 2 heterocycles. The van der Waals surface area contributed by atoms with E-state index in [0.717, 1.165) is 6.54 Å². The number of thiophene rings is 1. The number of guanidine groups is 1. The maximum Gasteiger partial charge on any atom is 0.222 e. The molecule has 1 aliphatic rings. The third kappa shape index (κ3) is 6.66. The van der Waals surface area contributed by atoms with Crippen LogP contribution in [0, 0.1) is 0 Å². The molecule has 1 aliphatic heterocycles. The van der Waals surface area contributed by atoms with E-state index >= 15 is 0 Å². The summed E-state index contributed by atoms with van der Waals surface area (Å²) in [6.45, 7) is 3.35. The van der Waals surface area contributed by atoms with Gasteiger partial charge in [0.15, 0.2) is 15.8 Å². The van der Waals surface area contributed by atoms with Crippen molar-refractivity contribution in [2.24, 2.45) is 4.99 Å². The fourth-order valence-electron chi connectivity index (χ4n) is 2.65. The summed E-state index contributed by atoms with van der Waals surface area (Å²) in [4.78, 5) is 17.4. The highest BCUT2D eigenvalue weighted by molar-refractivity contribution is 7.91. The summed E-state index contributed by atoms with van der Waals surface area (Å²) in [5.74, 6) is 1.10. The summed E-state index contributed by atoms with van der Waals surface area (Å²) in [5, 5.41) is 11.2. The predicted octanol–water partition coefficient (Wildman–Crippen LogP) is 0.710. The molecule has 2 unspecified atom stereocenters. The van der Waals surface area contributed by atoms with Gasteiger partial charge in [-0.15, -0.1) is 11.3 Å². The molecule has 9 heteroatoms. The first-order chi connectivity index (χ1) is 11.9. The Bertz CT molecular complexity index is 686. The second-order valence-corrected chi connectivity index (χ2v) is 9.42. The van der Waals surface area contributed by atoms with Crippen LogP contribution in [0.15, 0.2) is 22.5 Å². The Morgan fingerprint density at radius 3 is 2.84 bits per heavy atom. The van der Waals surface area contributed by atoms with Crippen molar-refractivity contribution in [3.8, 4) is 0 Å². The van der Waals surface area contributed by atoms with Gasteiger partial charge in [0.1, 0.15) is 0 Å². The van der Waals surface area contributed by atoms with Crippen molar-refractivity contribution in [1.29, 1.82) is 0 Å². The number of carbonyl (C=O) groups excluding carboxylic acids is 1. The Morgan fingerprint density at radius 2 is 2.24 bits per heavy atom. The molecule has 2 atom stereocenters. The Kier molecular flexibility index (Phi) is 7.24. The summed E-state index contributed by atoms with van der Waals surface area (Å²) in [7, 11) is -1.28. The van der Waals surface area contributed by atoms with Gasteiger partial charge in [-0.25, -0.2) is 8.42 Å². The van der Waals surface area contributed by atoms with Gasteiger partial charge in [-0.2, -0.15) is 0 Å². The van der Waals surface area contributed by atoms with Gasteiger partial charge in [0.2, 0.25) is 5.91 Å². The highest BCUT2D eigenvalue weighted by Gasteiger charge is 2.28. The summed E-state index contributed by atoms with van der Waals surface area (Å²) < 4.78 is 22.8. The lowest BCUT2D eigenvalue weighted by molar-refractivity contribution is -0.121. The number of amides is 1. The van der Waals surface area contributed by atoms with E-state index in [-0.39, 0.29) is 29.9 Å². The molecule has 1 saturated heterocycles. The van der Waals surface area contributed by atoms with E-state index in [9.17, 15) is 13.2 Å². The average molecular weight is 387 g/mol. The van der Waals surface area contributed by atoms with Crippen molar-refractivity contribution in [2.45, 2.75) is 31.7 Å². The van der Waals surface area contributed by atoms with Gasteiger partial charge >= 0.3 is 0 Å². The molecular formula is C16H26N4O3S2. The number of nitrogens with one attached hydrogen (secondary N) is 3. The molecule has 3 N–H and O–H groups in total. The number of nitrogens with zero attached hydrogens (tertiary/aromatic N) is 1. The molecule has 0 aromatic carbocycles. The summed E-state index contributed by atoms with van der Waals surface area (Å²) in [5.41, 5.74) is 0. The normalized spacial score (nSPS) is 20.9. The maximum absolute atomic E-state index is 11.9. The van der Waals surface area contributed by atoms with Crippen LogP contribution in [0.25, 0.3) is 0 Å². The lowest BCUT2D eigenvalue weighted by atomic mass is 10.1. The number of sulfone groups is 1. The molecule has 0 radical (unpaired) electrons. The summed E-state index contributed by atoms with van der Waals surface area (Å²) in [6, 6.07) is 3.90. The van der Waals surface area contributed by atoms with Crippen molar-refractivity contribution in [3.05, 3.63) is 22.4 Å². The minimum absolute atomic E-state index is 0.0516. The van der Waals surface area contributed by atoms with Gasteiger partial charge in [0, 0.05) is 43.4 Å². The third-order valence-corrected chi connectivity index (χ3v) is 6.94. The molecule has 0 saturated carbocycles. The van der Waals surface area contributed by atoms with Crippen LogP contribution in [-0.2, 0) is 14.6 Å². The van der Waals surface area contributed by atoms with Crippen molar-refractivity contribution >= 4 is 33.0 Å². The van der Waals surface area contributed by atoms with Crippen LogP contribution < -0.4 is 16.0 Å². The van der Waals surface area contributed by atoms with Crippen LogP contribution in [-0.4, -0.2) is 58.0 Å². The van der Waals surface area contributed by atoms with Gasteiger partial charge in [-0.3, -0.25) is 9.79 Å². The molecular weight excluding hydrogens is 360 g/mol. The summed E-state index contributed by atoms with van der Waals surface area (Å²) in [6.07, 6.45) is 0.781. The first-order valence-corrected chi connectivity index (χ1v) is 11.1. The molecule has 140 valence electrons. The van der Waals surface area contributed by atoms with E-state index in [0.29, 0.717) is 24.8 Å². The van der Waals surface area contributed by atoms with E-state index in [2.05, 4.69) is 39.3 Å². The Balaban J connectivity index is 1.64. The predicted molar refractivity (Wildman–Crippen MR) is 102 cm³/mol. The Hall–Kier alpha value is -1.61. The minimum atomic E-state index is -2.97. The summed E-state index contributed by atoms with van der Waals surface area (Å²) >= 11 is 1.73. The molecule has 0 bridgehead atoms. The molecule has 1 fully saturated rings. The number of carbonyl (C=O) groups is 1. The number of aliphatic imine (C=N–C) groups is 1. The molecule has 2 rings (SSSR count). The smallest absolute Gasteiger partial charge is 0.222 e. The SMILES string of the molecule is CN=C(NCCC(=O)NC1CCS(=O)(=O)C1)NCC(C)c1cccs1. The standard InChI is InChI=1S/C16H26N4O3S2/c1-12(14-4-3-8-24-14)10-19-16(17-2)18-7-5-15(21)20-13-6-9-25(22,23)11-13/h3-4,8,12-13H,5-7,9-11H2,1-2H3,(H,20,21)(H2,17,18,19). The maximum atomic E-state index is 11.9. The topological polar surface area (TPSA) is 99.7 Å². The van der Waals surface area contributed by atoms with Crippen molar-refractivity contribution < 1.29 is 13.2 Å². The number of rotatable bonds is 7. The molecule has 1 amide bonds. The second-order valence-electron chi connectivity index (χ2n) is 6.21. The van der Waals surface area contributed by atoms with Gasteiger partial charge < -0.3 is 16.0 Å². The zero-order valence-corrected chi connectivity index (χ0v) is 16.3. The van der Waals surface area contributed by atoms with E-state index in [1.807, 2.05) is 6.07 Å². The molecule has 25 heavy (non-hydrogen) atoms. The van der Waals surface area contributed by atoms with E-state index in [4.69, 9.17) is 0 Å². The van der Waals surface area contributed by atoms with Crippen molar-refractivity contribution in [1.82, 2.24) is 16.0 Å². The van der Waals surface area contributed by atoms with Crippen LogP contribution in [0.2, 0.25) is 0 Å². The zero-order valence-electron chi connectivity index (χ0n) is 14.6. The van der Waals surface area contributed by atoms with Crippen LogP contribution in [0.5, 0.6) is 0 Å². The second kappa shape index (κ2) is 9.19. The van der Waals surface area contributed by atoms with Gasteiger partial charge in [-0.05, 0) is 17.9 Å². The van der Waals surface area contributed by atoms with Gasteiger partial charge in [0.25, 0.3) is 0 Å². The number of hydrogen-bond donors (Lipinski definition) is 3. The monoisotopic (exact) mass is 386 g/mol. The first-order valence-electron chi connectivity index (χ1n) is 8.37. The van der Waals surface area contributed by atoms with Crippen LogP contribution >= 0.6 is 11.3 Å². The lowest BCUT2D eigenvalue weighted by Crippen LogP contribution is -2.42. The van der Waals surface area contributed by atoms with Gasteiger partial charge in [-0.1, -0.05) is 13.0 Å². The largest absolute Gasteiger partial charge is 0.356 e. The first kappa shape index (κ1) is 19.7. The third-order valence-electron chi connectivity index (χ3n) is 4.07. The quantitative estimate of drug-likeness (QED) is 0.473. The highest BCUT2D eigenvalue weighted by atomic mass is 32.2. The Labute approximate surface area is 153 Å². The molecule has 1 aromatic heterocycles. The van der Waals surface area contributed by atoms with E-state index < -0.39 is 9.84 Å². The van der Waals surface area contributed by atoms with Crippen LogP contribution in [0.4, 0.5) is 0 Å². The molecule has 7 nitrogen and oxygen atoms in total. The minimum Gasteiger partial charge on any atom is -0.356 e. The van der Waals surface area contributed by atoms with E-state index in [1.165, 1.54) is 4.88 Å². The highest BCUT2D eigenvalue weighted by Crippen LogP contribution is 2.19. The lowest BCUT2D eigenvalue weighted by Gasteiger charge is -2.15. The fourth-order valence-corrected chi connectivity index (χ4v) is 5.11. The molecule has 0 spiro atoms.